The Bertz CT molecular complexity index is 326. The molecule has 3 heteroatoms. The molecule has 0 atom stereocenters. The summed E-state index contributed by atoms with van der Waals surface area (Å²) < 4.78 is 0. The van der Waals surface area contributed by atoms with Crippen molar-refractivity contribution in [1.82, 2.24) is 10.3 Å². The topological polar surface area (TPSA) is 24.9 Å². The van der Waals surface area contributed by atoms with Crippen LogP contribution in [0.2, 0.25) is 0 Å². The summed E-state index contributed by atoms with van der Waals surface area (Å²) in [7, 11) is 0. The van der Waals surface area contributed by atoms with Crippen LogP contribution in [-0.4, -0.2) is 11.5 Å². The molecular weight excluding hydrogens is 204 g/mol. The first-order valence-electron chi connectivity index (χ1n) is 5.66. The Kier molecular flexibility index (Phi) is 3.92. The molecule has 1 aliphatic rings. The molecule has 1 saturated carbocycles. The second kappa shape index (κ2) is 5.42. The third-order valence-electron chi connectivity index (χ3n) is 2.53. The molecule has 0 bridgehead atoms. The Balaban J connectivity index is 1.68. The zero-order valence-corrected chi connectivity index (χ0v) is 10.0. The van der Waals surface area contributed by atoms with Crippen molar-refractivity contribution in [3.8, 4) is 0 Å². The van der Waals surface area contributed by atoms with E-state index < -0.39 is 0 Å². The maximum Gasteiger partial charge on any atom is 0.0959 e. The highest BCUT2D eigenvalue weighted by molar-refractivity contribution is 7.09. The third kappa shape index (κ3) is 3.43. The van der Waals surface area contributed by atoms with E-state index in [1.54, 1.807) is 0 Å². The zero-order chi connectivity index (χ0) is 10.5. The standard InChI is InChI=1S/C12H18N2S/c1-2-3-4-7-13-8-11-9-15-12(14-11)10-5-6-10/h2-3,9-10,13H,4-8H2,1H3/b3-2+. The lowest BCUT2D eigenvalue weighted by Gasteiger charge is -1.98. The van der Waals surface area contributed by atoms with Crippen molar-refractivity contribution >= 4 is 11.3 Å². The maximum atomic E-state index is 4.63. The van der Waals surface area contributed by atoms with Gasteiger partial charge in [0.15, 0.2) is 0 Å². The molecule has 0 saturated heterocycles. The quantitative estimate of drug-likeness (QED) is 0.591. The fourth-order valence-electron chi connectivity index (χ4n) is 1.49. The van der Waals surface area contributed by atoms with E-state index in [1.165, 1.54) is 23.5 Å². The van der Waals surface area contributed by atoms with Crippen LogP contribution in [0.15, 0.2) is 17.5 Å². The fraction of sp³-hybridized carbons (Fsp3) is 0.583. The van der Waals surface area contributed by atoms with Gasteiger partial charge in [0.05, 0.1) is 10.7 Å². The molecule has 2 rings (SSSR count). The van der Waals surface area contributed by atoms with Crippen LogP contribution in [0, 0.1) is 0 Å². The molecular formula is C12H18N2S. The monoisotopic (exact) mass is 222 g/mol. The van der Waals surface area contributed by atoms with E-state index in [-0.39, 0.29) is 0 Å². The average Bonchev–Trinajstić information content (AvgIpc) is 2.99. The van der Waals surface area contributed by atoms with E-state index in [0.29, 0.717) is 0 Å². The van der Waals surface area contributed by atoms with Gasteiger partial charge in [-0.2, -0.15) is 0 Å². The van der Waals surface area contributed by atoms with Crippen LogP contribution >= 0.6 is 11.3 Å². The zero-order valence-electron chi connectivity index (χ0n) is 9.20. The number of thiazole rings is 1. The van der Waals surface area contributed by atoms with Crippen LogP contribution in [0.5, 0.6) is 0 Å². The molecule has 2 nitrogen and oxygen atoms in total. The number of nitrogens with zero attached hydrogens (tertiary/aromatic N) is 1. The molecule has 0 aromatic carbocycles. The first-order valence-corrected chi connectivity index (χ1v) is 6.54. The molecule has 1 heterocycles. The summed E-state index contributed by atoms with van der Waals surface area (Å²) in [5, 5.41) is 6.94. The van der Waals surface area contributed by atoms with Gasteiger partial charge in [-0.25, -0.2) is 4.98 Å². The minimum atomic E-state index is 0.798. The average molecular weight is 222 g/mol. The minimum Gasteiger partial charge on any atom is -0.311 e. The maximum absolute atomic E-state index is 4.63. The van der Waals surface area contributed by atoms with Crippen molar-refractivity contribution in [2.75, 3.05) is 6.54 Å². The first kappa shape index (κ1) is 10.8. The second-order valence-electron chi connectivity index (χ2n) is 3.99. The summed E-state index contributed by atoms with van der Waals surface area (Å²) in [6.45, 7) is 4.02. The molecule has 0 amide bonds. The summed E-state index contributed by atoms with van der Waals surface area (Å²) in [4.78, 5) is 4.63. The number of hydrogen-bond acceptors (Lipinski definition) is 3. The smallest absolute Gasteiger partial charge is 0.0959 e. The number of aromatic nitrogens is 1. The molecule has 1 N–H and O–H groups in total. The highest BCUT2D eigenvalue weighted by Crippen LogP contribution is 2.41. The van der Waals surface area contributed by atoms with Gasteiger partial charge in [-0.1, -0.05) is 12.2 Å². The van der Waals surface area contributed by atoms with E-state index in [9.17, 15) is 0 Å². The van der Waals surface area contributed by atoms with Gasteiger partial charge in [0.2, 0.25) is 0 Å². The van der Waals surface area contributed by atoms with Gasteiger partial charge in [-0.05, 0) is 32.7 Å². The lowest BCUT2D eigenvalue weighted by molar-refractivity contribution is 0.683. The second-order valence-corrected chi connectivity index (χ2v) is 4.88. The molecule has 1 aliphatic carbocycles. The molecule has 0 spiro atoms. The normalized spacial score (nSPS) is 16.3. The Morgan fingerprint density at radius 3 is 3.20 bits per heavy atom. The first-order chi connectivity index (χ1) is 7.40. The van der Waals surface area contributed by atoms with Crippen LogP contribution in [-0.2, 0) is 6.54 Å². The van der Waals surface area contributed by atoms with Gasteiger partial charge in [-0.15, -0.1) is 11.3 Å². The molecule has 82 valence electrons. The molecule has 0 radical (unpaired) electrons. The largest absolute Gasteiger partial charge is 0.311 e. The van der Waals surface area contributed by atoms with Gasteiger partial charge >= 0.3 is 0 Å². The predicted octanol–water partition coefficient (Wildman–Crippen LogP) is 3.08. The van der Waals surface area contributed by atoms with Crippen LogP contribution in [0.3, 0.4) is 0 Å². The number of hydrogen-bond donors (Lipinski definition) is 1. The third-order valence-corrected chi connectivity index (χ3v) is 3.58. The van der Waals surface area contributed by atoms with E-state index in [2.05, 4.69) is 34.8 Å². The molecule has 0 aliphatic heterocycles. The lowest BCUT2D eigenvalue weighted by Crippen LogP contribution is -2.14. The van der Waals surface area contributed by atoms with Crippen molar-refractivity contribution in [2.45, 2.75) is 38.6 Å². The van der Waals surface area contributed by atoms with Gasteiger partial charge < -0.3 is 5.32 Å². The fourth-order valence-corrected chi connectivity index (χ4v) is 2.48. The summed E-state index contributed by atoms with van der Waals surface area (Å²) in [5.41, 5.74) is 1.21. The van der Waals surface area contributed by atoms with Crippen LogP contribution < -0.4 is 5.32 Å². The van der Waals surface area contributed by atoms with E-state index in [1.807, 2.05) is 11.3 Å². The van der Waals surface area contributed by atoms with Crippen LogP contribution in [0.25, 0.3) is 0 Å². The molecule has 15 heavy (non-hydrogen) atoms. The SMILES string of the molecule is C/C=C/CCNCc1csc(C2CC2)n1. The lowest BCUT2D eigenvalue weighted by atomic mass is 10.3. The van der Waals surface area contributed by atoms with Crippen molar-refractivity contribution < 1.29 is 0 Å². The Hall–Kier alpha value is -0.670. The van der Waals surface area contributed by atoms with Gasteiger partial charge in [0.1, 0.15) is 0 Å². The Labute approximate surface area is 95.4 Å². The minimum absolute atomic E-state index is 0.798. The summed E-state index contributed by atoms with van der Waals surface area (Å²) in [6.07, 6.45) is 8.08. The van der Waals surface area contributed by atoms with E-state index >= 15 is 0 Å². The number of allylic oxidation sites excluding steroid dienone is 1. The predicted molar refractivity (Wildman–Crippen MR) is 65.2 cm³/mol. The van der Waals surface area contributed by atoms with Gasteiger partial charge in [0, 0.05) is 17.8 Å². The number of rotatable bonds is 6. The van der Waals surface area contributed by atoms with Crippen LogP contribution in [0.4, 0.5) is 0 Å². The van der Waals surface area contributed by atoms with Gasteiger partial charge in [0.25, 0.3) is 0 Å². The van der Waals surface area contributed by atoms with Crippen molar-refractivity contribution in [1.29, 1.82) is 0 Å². The van der Waals surface area contributed by atoms with Crippen molar-refractivity contribution in [2.24, 2.45) is 0 Å². The van der Waals surface area contributed by atoms with Gasteiger partial charge in [-0.3, -0.25) is 0 Å². The summed E-state index contributed by atoms with van der Waals surface area (Å²) in [6, 6.07) is 0. The molecule has 0 unspecified atom stereocenters. The van der Waals surface area contributed by atoms with E-state index in [0.717, 1.165) is 25.4 Å². The highest BCUT2D eigenvalue weighted by Gasteiger charge is 2.26. The number of nitrogens with one attached hydrogen (secondary N) is 1. The molecule has 1 fully saturated rings. The molecule has 1 aromatic rings. The summed E-state index contributed by atoms with van der Waals surface area (Å²) >= 11 is 1.82. The van der Waals surface area contributed by atoms with Crippen molar-refractivity contribution in [3.05, 3.63) is 28.2 Å². The van der Waals surface area contributed by atoms with Crippen molar-refractivity contribution in [3.63, 3.8) is 0 Å². The van der Waals surface area contributed by atoms with E-state index in [4.69, 9.17) is 0 Å². The highest BCUT2D eigenvalue weighted by atomic mass is 32.1. The summed E-state index contributed by atoms with van der Waals surface area (Å²) in [5.74, 6) is 0.798. The molecule has 1 aromatic heterocycles. The Morgan fingerprint density at radius 1 is 1.60 bits per heavy atom. The Morgan fingerprint density at radius 2 is 2.47 bits per heavy atom. The van der Waals surface area contributed by atoms with Crippen LogP contribution in [0.1, 0.15) is 42.8 Å².